The van der Waals surface area contributed by atoms with Gasteiger partial charge in [-0.2, -0.15) is 0 Å². The summed E-state index contributed by atoms with van der Waals surface area (Å²) < 4.78 is 5.27. The molecular formula is C13H20O2S. The smallest absolute Gasteiger partial charge is 0.132 e. The second kappa shape index (κ2) is 5.60. The monoisotopic (exact) mass is 240 g/mol. The van der Waals surface area contributed by atoms with Gasteiger partial charge in [0.25, 0.3) is 0 Å². The lowest BCUT2D eigenvalue weighted by Crippen LogP contribution is -2.33. The molecule has 1 unspecified atom stereocenters. The van der Waals surface area contributed by atoms with Crippen LogP contribution in [0.15, 0.2) is 29.2 Å². The van der Waals surface area contributed by atoms with Gasteiger partial charge in [-0.25, -0.2) is 0 Å². The van der Waals surface area contributed by atoms with Crippen LogP contribution in [-0.4, -0.2) is 23.6 Å². The summed E-state index contributed by atoms with van der Waals surface area (Å²) in [6, 6.07) is 7.88. The van der Waals surface area contributed by atoms with E-state index in [0.717, 1.165) is 10.6 Å². The maximum absolute atomic E-state index is 10.2. The van der Waals surface area contributed by atoms with Gasteiger partial charge in [0, 0.05) is 10.6 Å². The van der Waals surface area contributed by atoms with E-state index < -0.39 is 5.60 Å². The molecule has 0 saturated heterocycles. The molecular weight excluding hydrogens is 220 g/mol. The Bertz CT molecular complexity index is 334. The Kier molecular flexibility index (Phi) is 4.69. The van der Waals surface area contributed by atoms with Gasteiger partial charge in [0.1, 0.15) is 5.75 Å². The molecule has 0 amide bonds. The molecule has 0 spiro atoms. The Morgan fingerprint density at radius 2 is 2.00 bits per heavy atom. The molecule has 1 rings (SSSR count). The minimum absolute atomic E-state index is 0.245. The van der Waals surface area contributed by atoms with Crippen LogP contribution in [0, 0.1) is 5.92 Å². The Hall–Kier alpha value is -0.670. The van der Waals surface area contributed by atoms with Crippen LogP contribution in [0.5, 0.6) is 5.75 Å². The maximum atomic E-state index is 10.2. The fourth-order valence-corrected chi connectivity index (χ4v) is 2.38. The molecule has 16 heavy (non-hydrogen) atoms. The molecule has 1 N–H and O–H groups in total. The molecule has 3 heteroatoms. The highest BCUT2D eigenvalue weighted by molar-refractivity contribution is 7.99. The topological polar surface area (TPSA) is 29.5 Å². The van der Waals surface area contributed by atoms with Gasteiger partial charge in [-0.3, -0.25) is 0 Å². The number of hydrogen-bond acceptors (Lipinski definition) is 3. The van der Waals surface area contributed by atoms with E-state index in [4.69, 9.17) is 4.74 Å². The third-order valence-electron chi connectivity index (χ3n) is 2.83. The number of benzene rings is 1. The van der Waals surface area contributed by atoms with Crippen molar-refractivity contribution in [3.8, 4) is 5.75 Å². The number of methoxy groups -OCH3 is 1. The number of para-hydroxylation sites is 1. The molecule has 1 atom stereocenters. The lowest BCUT2D eigenvalue weighted by Gasteiger charge is -2.27. The lowest BCUT2D eigenvalue weighted by molar-refractivity contribution is 0.0376. The van der Waals surface area contributed by atoms with Crippen LogP contribution < -0.4 is 4.74 Å². The normalized spacial score (nSPS) is 14.9. The van der Waals surface area contributed by atoms with E-state index in [1.54, 1.807) is 18.9 Å². The molecule has 0 saturated carbocycles. The zero-order valence-electron chi connectivity index (χ0n) is 10.4. The molecule has 0 aliphatic carbocycles. The molecule has 1 aromatic carbocycles. The van der Waals surface area contributed by atoms with Crippen molar-refractivity contribution in [2.24, 2.45) is 5.92 Å². The number of hydrogen-bond donors (Lipinski definition) is 1. The Balaban J connectivity index is 2.67. The summed E-state index contributed by atoms with van der Waals surface area (Å²) in [5, 5.41) is 10.2. The quantitative estimate of drug-likeness (QED) is 0.801. The highest BCUT2D eigenvalue weighted by Gasteiger charge is 2.25. The van der Waals surface area contributed by atoms with Gasteiger partial charge in [-0.15, -0.1) is 11.8 Å². The van der Waals surface area contributed by atoms with Gasteiger partial charge in [-0.05, 0) is 25.0 Å². The predicted octanol–water partition coefficient (Wildman–Crippen LogP) is 3.19. The highest BCUT2D eigenvalue weighted by atomic mass is 32.2. The summed E-state index contributed by atoms with van der Waals surface area (Å²) in [5.41, 5.74) is -0.647. The van der Waals surface area contributed by atoms with Crippen molar-refractivity contribution in [1.82, 2.24) is 0 Å². The largest absolute Gasteiger partial charge is 0.496 e. The first-order chi connectivity index (χ1) is 7.47. The van der Waals surface area contributed by atoms with Crippen molar-refractivity contribution in [3.05, 3.63) is 24.3 Å². The van der Waals surface area contributed by atoms with Crippen LogP contribution in [0.2, 0.25) is 0 Å². The first-order valence-corrected chi connectivity index (χ1v) is 6.44. The molecule has 90 valence electrons. The van der Waals surface area contributed by atoms with Crippen LogP contribution >= 0.6 is 11.8 Å². The second-order valence-corrected chi connectivity index (χ2v) is 5.47. The zero-order valence-corrected chi connectivity index (χ0v) is 11.2. The molecule has 1 aromatic rings. The van der Waals surface area contributed by atoms with Crippen molar-refractivity contribution in [2.45, 2.75) is 31.3 Å². The van der Waals surface area contributed by atoms with E-state index >= 15 is 0 Å². The fourth-order valence-electron chi connectivity index (χ4n) is 1.13. The summed E-state index contributed by atoms with van der Waals surface area (Å²) in [6.07, 6.45) is 0. The molecule has 0 aromatic heterocycles. The average Bonchev–Trinajstić information content (AvgIpc) is 2.26. The SMILES string of the molecule is COc1ccccc1SCC(C)(O)C(C)C. The third-order valence-corrected chi connectivity index (χ3v) is 4.21. The van der Waals surface area contributed by atoms with E-state index in [0.29, 0.717) is 5.75 Å². The van der Waals surface area contributed by atoms with E-state index in [9.17, 15) is 5.11 Å². The fraction of sp³-hybridized carbons (Fsp3) is 0.538. The average molecular weight is 240 g/mol. The van der Waals surface area contributed by atoms with Gasteiger partial charge in [0.05, 0.1) is 12.7 Å². The molecule has 2 nitrogen and oxygen atoms in total. The van der Waals surface area contributed by atoms with E-state index in [2.05, 4.69) is 0 Å². The summed E-state index contributed by atoms with van der Waals surface area (Å²) in [4.78, 5) is 1.07. The second-order valence-electron chi connectivity index (χ2n) is 4.45. The molecule has 0 radical (unpaired) electrons. The molecule has 0 bridgehead atoms. The van der Waals surface area contributed by atoms with Gasteiger partial charge in [0.15, 0.2) is 0 Å². The van der Waals surface area contributed by atoms with Crippen LogP contribution in [0.25, 0.3) is 0 Å². The Labute approximate surface area is 102 Å². The van der Waals surface area contributed by atoms with Gasteiger partial charge < -0.3 is 9.84 Å². The van der Waals surface area contributed by atoms with Crippen molar-refractivity contribution >= 4 is 11.8 Å². The molecule has 0 fully saturated rings. The molecule has 0 heterocycles. The predicted molar refractivity (Wildman–Crippen MR) is 69.2 cm³/mol. The van der Waals surface area contributed by atoms with Crippen LogP contribution in [-0.2, 0) is 0 Å². The molecule has 0 aliphatic rings. The number of thioether (sulfide) groups is 1. The zero-order chi connectivity index (χ0) is 12.2. The third kappa shape index (κ3) is 3.42. The Morgan fingerprint density at radius 3 is 2.56 bits per heavy atom. The lowest BCUT2D eigenvalue weighted by atomic mass is 9.95. The van der Waals surface area contributed by atoms with Crippen LogP contribution in [0.4, 0.5) is 0 Å². The van der Waals surface area contributed by atoms with Gasteiger partial charge in [-0.1, -0.05) is 26.0 Å². The summed E-state index contributed by atoms with van der Waals surface area (Å²) in [5.74, 6) is 1.78. The van der Waals surface area contributed by atoms with Crippen molar-refractivity contribution in [2.75, 3.05) is 12.9 Å². The van der Waals surface area contributed by atoms with Crippen molar-refractivity contribution in [3.63, 3.8) is 0 Å². The van der Waals surface area contributed by atoms with Gasteiger partial charge in [0.2, 0.25) is 0 Å². The van der Waals surface area contributed by atoms with Crippen LogP contribution in [0.3, 0.4) is 0 Å². The van der Waals surface area contributed by atoms with Crippen molar-refractivity contribution < 1.29 is 9.84 Å². The van der Waals surface area contributed by atoms with E-state index in [-0.39, 0.29) is 5.92 Å². The van der Waals surface area contributed by atoms with Crippen molar-refractivity contribution in [1.29, 1.82) is 0 Å². The summed E-state index contributed by atoms with van der Waals surface area (Å²) in [7, 11) is 1.67. The summed E-state index contributed by atoms with van der Waals surface area (Å²) in [6.45, 7) is 5.94. The van der Waals surface area contributed by atoms with E-state index in [1.165, 1.54) is 0 Å². The Morgan fingerprint density at radius 1 is 1.38 bits per heavy atom. The van der Waals surface area contributed by atoms with Crippen LogP contribution in [0.1, 0.15) is 20.8 Å². The molecule has 0 aliphatic heterocycles. The minimum Gasteiger partial charge on any atom is -0.496 e. The number of ether oxygens (including phenoxy) is 1. The standard InChI is InChI=1S/C13H20O2S/c1-10(2)13(3,14)9-16-12-8-6-5-7-11(12)15-4/h5-8,10,14H,9H2,1-4H3. The highest BCUT2D eigenvalue weighted by Crippen LogP contribution is 2.32. The summed E-state index contributed by atoms with van der Waals surface area (Å²) >= 11 is 1.63. The first-order valence-electron chi connectivity index (χ1n) is 5.45. The number of rotatable bonds is 5. The first kappa shape index (κ1) is 13.4. The maximum Gasteiger partial charge on any atom is 0.132 e. The van der Waals surface area contributed by atoms with E-state index in [1.807, 2.05) is 45.0 Å². The van der Waals surface area contributed by atoms with Gasteiger partial charge >= 0.3 is 0 Å². The number of aliphatic hydroxyl groups is 1. The minimum atomic E-state index is -0.647.